The van der Waals surface area contributed by atoms with Crippen LogP contribution in [0.5, 0.6) is 0 Å². The summed E-state index contributed by atoms with van der Waals surface area (Å²) in [6, 6.07) is 0. The van der Waals surface area contributed by atoms with Gasteiger partial charge in [-0.25, -0.2) is 0 Å². The monoisotopic (exact) mass is 219 g/mol. The quantitative estimate of drug-likeness (QED) is 0.560. The predicted molar refractivity (Wildman–Crippen MR) is 62.8 cm³/mol. The highest BCUT2D eigenvalue weighted by atomic mass is 16.3. The molecule has 0 saturated carbocycles. The molecular formula is C11H25NO3. The number of nitrogens with zero attached hydrogens (tertiary/aromatic N) is 1. The van der Waals surface area contributed by atoms with E-state index < -0.39 is 0 Å². The highest BCUT2D eigenvalue weighted by Crippen LogP contribution is 1.84. The van der Waals surface area contributed by atoms with Crippen molar-refractivity contribution in [3.8, 4) is 0 Å². The molecule has 0 atom stereocenters. The van der Waals surface area contributed by atoms with Crippen molar-refractivity contribution in [3.63, 3.8) is 0 Å². The summed E-state index contributed by atoms with van der Waals surface area (Å²) in [6.07, 6.45) is 2.08. The second-order valence-corrected chi connectivity index (χ2v) is 3.38. The summed E-state index contributed by atoms with van der Waals surface area (Å²) in [5.41, 5.74) is 1.38. The molecule has 0 aromatic rings. The number of aliphatic hydroxyl groups is 3. The Kier molecular flexibility index (Phi) is 15.4. The van der Waals surface area contributed by atoms with Crippen LogP contribution < -0.4 is 0 Å². The third-order valence-corrected chi connectivity index (χ3v) is 1.83. The minimum Gasteiger partial charge on any atom is -0.395 e. The van der Waals surface area contributed by atoms with Crippen LogP contribution in [0.3, 0.4) is 0 Å². The molecule has 0 aromatic carbocycles. The van der Waals surface area contributed by atoms with E-state index in [9.17, 15) is 0 Å². The summed E-state index contributed by atoms with van der Waals surface area (Å²) in [5, 5.41) is 25.5. The van der Waals surface area contributed by atoms with E-state index in [1.54, 1.807) is 4.90 Å². The molecule has 0 amide bonds. The van der Waals surface area contributed by atoms with E-state index in [4.69, 9.17) is 15.3 Å². The summed E-state index contributed by atoms with van der Waals surface area (Å²) in [7, 11) is 0. The Bertz CT molecular complexity index is 131. The van der Waals surface area contributed by atoms with Gasteiger partial charge in [0.05, 0.1) is 19.8 Å². The van der Waals surface area contributed by atoms with Gasteiger partial charge in [-0.2, -0.15) is 0 Å². The molecule has 15 heavy (non-hydrogen) atoms. The van der Waals surface area contributed by atoms with Crippen LogP contribution in [0.25, 0.3) is 0 Å². The lowest BCUT2D eigenvalue weighted by atomic mass is 10.3. The van der Waals surface area contributed by atoms with Crippen molar-refractivity contribution in [1.82, 2.24) is 4.90 Å². The molecule has 0 aliphatic heterocycles. The average molecular weight is 219 g/mol. The Morgan fingerprint density at radius 1 is 0.933 bits per heavy atom. The zero-order chi connectivity index (χ0) is 12.1. The molecule has 3 N–H and O–H groups in total. The van der Waals surface area contributed by atoms with Crippen LogP contribution in [-0.4, -0.2) is 59.7 Å². The number of aliphatic hydroxyl groups excluding tert-OH is 3. The average Bonchev–Trinajstić information content (AvgIpc) is 2.20. The molecule has 4 heteroatoms. The van der Waals surface area contributed by atoms with Crippen LogP contribution in [-0.2, 0) is 0 Å². The maximum atomic E-state index is 8.48. The fraction of sp³-hybridized carbons (Fsp3) is 0.818. The molecule has 0 aliphatic carbocycles. The van der Waals surface area contributed by atoms with Crippen molar-refractivity contribution in [2.45, 2.75) is 20.8 Å². The molecule has 0 unspecified atom stereocenters. The van der Waals surface area contributed by atoms with Crippen LogP contribution in [0.1, 0.15) is 20.8 Å². The predicted octanol–water partition coefficient (Wildman–Crippen LogP) is 0.238. The maximum absolute atomic E-state index is 8.48. The zero-order valence-corrected chi connectivity index (χ0v) is 10.1. The van der Waals surface area contributed by atoms with Gasteiger partial charge in [-0.15, -0.1) is 0 Å². The maximum Gasteiger partial charge on any atom is 0.0558 e. The fourth-order valence-electron chi connectivity index (χ4n) is 0.760. The third-order valence-electron chi connectivity index (χ3n) is 1.83. The first-order valence-electron chi connectivity index (χ1n) is 5.26. The summed E-state index contributed by atoms with van der Waals surface area (Å²) in [6.45, 7) is 7.96. The van der Waals surface area contributed by atoms with Crippen molar-refractivity contribution in [1.29, 1.82) is 0 Å². The van der Waals surface area contributed by atoms with Crippen molar-refractivity contribution >= 4 is 0 Å². The van der Waals surface area contributed by atoms with E-state index in [2.05, 4.69) is 19.9 Å². The van der Waals surface area contributed by atoms with Crippen LogP contribution in [0.2, 0.25) is 0 Å². The normalized spacial score (nSPS) is 9.53. The standard InChI is InChI=1S/C6H15NO3.C5H10/c8-4-1-7(2-5-9)3-6-10;1-4-5(2)3/h8-10H,1-6H2;4H,1-3H3. The zero-order valence-electron chi connectivity index (χ0n) is 10.1. The third kappa shape index (κ3) is 16.3. The number of allylic oxidation sites excluding steroid dienone is 2. The Balaban J connectivity index is 0. The second kappa shape index (κ2) is 13.6. The fourth-order valence-corrected chi connectivity index (χ4v) is 0.760. The highest BCUT2D eigenvalue weighted by Gasteiger charge is 2.00. The number of hydrogen-bond donors (Lipinski definition) is 3. The molecule has 0 radical (unpaired) electrons. The summed E-state index contributed by atoms with van der Waals surface area (Å²) < 4.78 is 0. The number of hydrogen-bond acceptors (Lipinski definition) is 4. The number of rotatable bonds is 6. The molecule has 0 saturated heterocycles. The van der Waals surface area contributed by atoms with E-state index in [1.807, 2.05) is 6.92 Å². The molecule has 0 spiro atoms. The lowest BCUT2D eigenvalue weighted by molar-refractivity contribution is 0.136. The summed E-state index contributed by atoms with van der Waals surface area (Å²) >= 11 is 0. The van der Waals surface area contributed by atoms with E-state index in [-0.39, 0.29) is 19.8 Å². The van der Waals surface area contributed by atoms with Crippen molar-refractivity contribution in [3.05, 3.63) is 11.6 Å². The van der Waals surface area contributed by atoms with Crippen LogP contribution in [0.4, 0.5) is 0 Å². The van der Waals surface area contributed by atoms with Crippen LogP contribution in [0.15, 0.2) is 11.6 Å². The van der Waals surface area contributed by atoms with Gasteiger partial charge in [-0.1, -0.05) is 11.6 Å². The van der Waals surface area contributed by atoms with E-state index >= 15 is 0 Å². The first-order valence-corrected chi connectivity index (χ1v) is 5.26. The van der Waals surface area contributed by atoms with Crippen molar-refractivity contribution in [2.75, 3.05) is 39.5 Å². The van der Waals surface area contributed by atoms with Crippen molar-refractivity contribution in [2.24, 2.45) is 0 Å². The molecule has 0 fully saturated rings. The lowest BCUT2D eigenvalue weighted by Crippen LogP contribution is -2.32. The summed E-state index contributed by atoms with van der Waals surface area (Å²) in [5.74, 6) is 0. The van der Waals surface area contributed by atoms with Crippen molar-refractivity contribution < 1.29 is 15.3 Å². The van der Waals surface area contributed by atoms with Gasteiger partial charge in [0.25, 0.3) is 0 Å². The Morgan fingerprint density at radius 3 is 1.33 bits per heavy atom. The van der Waals surface area contributed by atoms with Gasteiger partial charge in [-0.05, 0) is 20.8 Å². The van der Waals surface area contributed by atoms with Gasteiger partial charge in [0, 0.05) is 19.6 Å². The smallest absolute Gasteiger partial charge is 0.0558 e. The molecule has 0 aliphatic rings. The largest absolute Gasteiger partial charge is 0.395 e. The topological polar surface area (TPSA) is 63.9 Å². The van der Waals surface area contributed by atoms with Gasteiger partial charge in [0.2, 0.25) is 0 Å². The SMILES string of the molecule is CC=C(C)C.OCCN(CCO)CCO. The van der Waals surface area contributed by atoms with E-state index in [1.165, 1.54) is 5.57 Å². The molecule has 0 aromatic heterocycles. The van der Waals surface area contributed by atoms with Crippen LogP contribution in [0, 0.1) is 0 Å². The molecule has 0 rings (SSSR count). The molecule has 0 bridgehead atoms. The minimum atomic E-state index is 0.0694. The van der Waals surface area contributed by atoms with E-state index in [0.29, 0.717) is 19.6 Å². The summed E-state index contributed by atoms with van der Waals surface area (Å²) in [4.78, 5) is 1.79. The lowest BCUT2D eigenvalue weighted by Gasteiger charge is -2.17. The molecule has 0 heterocycles. The van der Waals surface area contributed by atoms with Gasteiger partial charge in [0.15, 0.2) is 0 Å². The molecule has 4 nitrogen and oxygen atoms in total. The van der Waals surface area contributed by atoms with Gasteiger partial charge in [-0.3, -0.25) is 4.90 Å². The first-order chi connectivity index (χ1) is 7.12. The Morgan fingerprint density at radius 2 is 1.20 bits per heavy atom. The molecular weight excluding hydrogens is 194 g/mol. The van der Waals surface area contributed by atoms with Gasteiger partial charge >= 0.3 is 0 Å². The van der Waals surface area contributed by atoms with Gasteiger partial charge < -0.3 is 15.3 Å². The minimum absolute atomic E-state index is 0.0694. The Labute approximate surface area is 92.8 Å². The first kappa shape index (κ1) is 17.0. The highest BCUT2D eigenvalue weighted by molar-refractivity contribution is 4.88. The molecule has 92 valence electrons. The second-order valence-electron chi connectivity index (χ2n) is 3.38. The van der Waals surface area contributed by atoms with Gasteiger partial charge in [0.1, 0.15) is 0 Å². The Hall–Kier alpha value is -0.420. The van der Waals surface area contributed by atoms with E-state index in [0.717, 1.165) is 0 Å². The van der Waals surface area contributed by atoms with Crippen LogP contribution >= 0.6 is 0 Å².